The topological polar surface area (TPSA) is 38.1 Å². The van der Waals surface area contributed by atoms with Gasteiger partial charge in [0.05, 0.1) is 18.2 Å². The maximum Gasteiger partial charge on any atom is 0.227 e. The Morgan fingerprint density at radius 3 is 2.86 bits per heavy atom. The fourth-order valence-electron chi connectivity index (χ4n) is 3.46. The van der Waals surface area contributed by atoms with Crippen molar-refractivity contribution in [1.29, 1.82) is 0 Å². The number of thiophene rings is 1. The molecule has 2 aromatic rings. The van der Waals surface area contributed by atoms with Crippen LogP contribution in [0.25, 0.3) is 0 Å². The van der Waals surface area contributed by atoms with E-state index in [9.17, 15) is 4.79 Å². The van der Waals surface area contributed by atoms with Gasteiger partial charge in [-0.3, -0.25) is 9.48 Å². The number of hydrogen-bond donors (Lipinski definition) is 0. The normalized spacial score (nSPS) is 17.6. The largest absolute Gasteiger partial charge is 0.335 e. The number of rotatable bonds is 3. The minimum atomic E-state index is 0.225. The predicted octanol–water partition coefficient (Wildman–Crippen LogP) is 3.18. The summed E-state index contributed by atoms with van der Waals surface area (Å²) in [6.07, 6.45) is 2.42. The minimum Gasteiger partial charge on any atom is -0.335 e. The first kappa shape index (κ1) is 15.3. The van der Waals surface area contributed by atoms with Gasteiger partial charge in [-0.15, -0.1) is 11.3 Å². The molecule has 22 heavy (non-hydrogen) atoms. The number of carbonyl (C=O) groups is 1. The minimum absolute atomic E-state index is 0.225. The molecular formula is C17H23N3OS. The average Bonchev–Trinajstić information content (AvgIpc) is 3.06. The summed E-state index contributed by atoms with van der Waals surface area (Å²) in [5.41, 5.74) is 4.49. The molecule has 0 aliphatic carbocycles. The Morgan fingerprint density at radius 2 is 2.23 bits per heavy atom. The SMILES string of the molecule is CC[C@H]1c2ccsc2CCN1C(=O)Cc1c(C)nn(C)c1C. The Hall–Kier alpha value is -1.62. The summed E-state index contributed by atoms with van der Waals surface area (Å²) in [4.78, 5) is 16.4. The van der Waals surface area contributed by atoms with E-state index in [0.717, 1.165) is 36.3 Å². The Labute approximate surface area is 135 Å². The number of aryl methyl sites for hydroxylation is 2. The van der Waals surface area contributed by atoms with Crippen LogP contribution >= 0.6 is 11.3 Å². The molecule has 5 heteroatoms. The van der Waals surface area contributed by atoms with E-state index < -0.39 is 0 Å². The van der Waals surface area contributed by atoms with Gasteiger partial charge >= 0.3 is 0 Å². The van der Waals surface area contributed by atoms with Crippen molar-refractivity contribution >= 4 is 17.2 Å². The highest BCUT2D eigenvalue weighted by Crippen LogP contribution is 2.35. The molecule has 0 radical (unpaired) electrons. The second-order valence-electron chi connectivity index (χ2n) is 6.01. The number of carbonyl (C=O) groups excluding carboxylic acids is 1. The molecule has 3 rings (SSSR count). The summed E-state index contributed by atoms with van der Waals surface area (Å²) in [6.45, 7) is 7.02. The maximum absolute atomic E-state index is 12.9. The fraction of sp³-hybridized carbons (Fsp3) is 0.529. The molecule has 0 bridgehead atoms. The van der Waals surface area contributed by atoms with Crippen molar-refractivity contribution in [2.75, 3.05) is 6.54 Å². The van der Waals surface area contributed by atoms with Crippen LogP contribution in [0.4, 0.5) is 0 Å². The first-order valence-electron chi connectivity index (χ1n) is 7.87. The van der Waals surface area contributed by atoms with Gasteiger partial charge in [0.2, 0.25) is 5.91 Å². The van der Waals surface area contributed by atoms with Crippen LogP contribution in [-0.4, -0.2) is 27.1 Å². The molecule has 4 nitrogen and oxygen atoms in total. The third-order valence-electron chi connectivity index (χ3n) is 4.79. The zero-order valence-electron chi connectivity index (χ0n) is 13.7. The van der Waals surface area contributed by atoms with E-state index in [4.69, 9.17) is 0 Å². The highest BCUT2D eigenvalue weighted by atomic mass is 32.1. The molecule has 0 N–H and O–H groups in total. The zero-order chi connectivity index (χ0) is 15.9. The Morgan fingerprint density at radius 1 is 1.45 bits per heavy atom. The van der Waals surface area contributed by atoms with Gasteiger partial charge in [-0.25, -0.2) is 0 Å². The summed E-state index contributed by atoms with van der Waals surface area (Å²) in [7, 11) is 1.93. The van der Waals surface area contributed by atoms with E-state index in [1.165, 1.54) is 10.4 Å². The number of nitrogens with zero attached hydrogens (tertiary/aromatic N) is 3. The van der Waals surface area contributed by atoms with Crippen LogP contribution in [-0.2, 0) is 24.7 Å². The second kappa shape index (κ2) is 5.88. The lowest BCUT2D eigenvalue weighted by atomic mass is 9.96. The fourth-order valence-corrected chi connectivity index (χ4v) is 4.39. The Bertz CT molecular complexity index is 701. The van der Waals surface area contributed by atoms with Crippen LogP contribution in [0.1, 0.15) is 46.8 Å². The summed E-state index contributed by atoms with van der Waals surface area (Å²) in [5.74, 6) is 0.225. The van der Waals surface area contributed by atoms with E-state index in [2.05, 4.69) is 28.4 Å². The van der Waals surface area contributed by atoms with Crippen molar-refractivity contribution in [2.24, 2.45) is 7.05 Å². The molecule has 0 aromatic carbocycles. The van der Waals surface area contributed by atoms with E-state index in [1.54, 1.807) is 0 Å². The Kier molecular flexibility index (Phi) is 4.08. The third kappa shape index (κ3) is 2.47. The maximum atomic E-state index is 12.9. The van der Waals surface area contributed by atoms with Crippen LogP contribution in [0.5, 0.6) is 0 Å². The molecule has 0 unspecified atom stereocenters. The van der Waals surface area contributed by atoms with Crippen molar-refractivity contribution in [3.8, 4) is 0 Å². The molecule has 0 spiro atoms. The van der Waals surface area contributed by atoms with Crippen LogP contribution in [0.2, 0.25) is 0 Å². The molecule has 1 aliphatic rings. The van der Waals surface area contributed by atoms with Crippen molar-refractivity contribution in [1.82, 2.24) is 14.7 Å². The van der Waals surface area contributed by atoms with Crippen LogP contribution < -0.4 is 0 Å². The van der Waals surface area contributed by atoms with Gasteiger partial charge in [-0.1, -0.05) is 6.92 Å². The van der Waals surface area contributed by atoms with E-state index in [-0.39, 0.29) is 11.9 Å². The van der Waals surface area contributed by atoms with E-state index in [1.807, 2.05) is 36.9 Å². The smallest absolute Gasteiger partial charge is 0.227 e. The highest BCUT2D eigenvalue weighted by molar-refractivity contribution is 7.10. The van der Waals surface area contributed by atoms with Crippen LogP contribution in [0, 0.1) is 13.8 Å². The van der Waals surface area contributed by atoms with Gasteiger partial charge in [0.25, 0.3) is 0 Å². The van der Waals surface area contributed by atoms with Crippen molar-refractivity contribution < 1.29 is 4.79 Å². The Balaban J connectivity index is 1.83. The molecule has 0 saturated carbocycles. The quantitative estimate of drug-likeness (QED) is 0.872. The molecule has 3 heterocycles. The lowest BCUT2D eigenvalue weighted by Crippen LogP contribution is -2.40. The zero-order valence-corrected chi connectivity index (χ0v) is 14.5. The van der Waals surface area contributed by atoms with Gasteiger partial charge in [0, 0.05) is 29.7 Å². The molecule has 1 atom stereocenters. The molecule has 118 valence electrons. The second-order valence-corrected chi connectivity index (χ2v) is 7.01. The summed E-state index contributed by atoms with van der Waals surface area (Å²) >= 11 is 1.82. The molecule has 1 amide bonds. The van der Waals surface area contributed by atoms with Gasteiger partial charge in [-0.05, 0) is 43.7 Å². The monoisotopic (exact) mass is 317 g/mol. The number of aromatic nitrogens is 2. The van der Waals surface area contributed by atoms with E-state index >= 15 is 0 Å². The predicted molar refractivity (Wildman–Crippen MR) is 89.2 cm³/mol. The van der Waals surface area contributed by atoms with Gasteiger partial charge in [0.1, 0.15) is 0 Å². The number of fused-ring (bicyclic) bond motifs is 1. The lowest BCUT2D eigenvalue weighted by Gasteiger charge is -2.35. The summed E-state index contributed by atoms with van der Waals surface area (Å²) in [6, 6.07) is 2.42. The van der Waals surface area contributed by atoms with Crippen molar-refractivity contribution in [3.63, 3.8) is 0 Å². The lowest BCUT2D eigenvalue weighted by molar-refractivity contribution is -0.133. The molecule has 2 aromatic heterocycles. The first-order chi connectivity index (χ1) is 10.5. The standard InChI is InChI=1S/C17H23N3OS/c1-5-15-13-7-9-22-16(13)6-8-20(15)17(21)10-14-11(2)18-19(4)12(14)3/h7,9,15H,5-6,8,10H2,1-4H3/t15-/m0/s1. The number of hydrogen-bond acceptors (Lipinski definition) is 3. The third-order valence-corrected chi connectivity index (χ3v) is 5.79. The molecule has 0 saturated heterocycles. The van der Waals surface area contributed by atoms with E-state index in [0.29, 0.717) is 6.42 Å². The molecule has 0 fully saturated rings. The van der Waals surface area contributed by atoms with Gasteiger partial charge < -0.3 is 4.90 Å². The van der Waals surface area contributed by atoms with Gasteiger partial charge in [0.15, 0.2) is 0 Å². The first-order valence-corrected chi connectivity index (χ1v) is 8.75. The molecular weight excluding hydrogens is 294 g/mol. The van der Waals surface area contributed by atoms with Crippen LogP contribution in [0.3, 0.4) is 0 Å². The molecule has 1 aliphatic heterocycles. The van der Waals surface area contributed by atoms with Gasteiger partial charge in [-0.2, -0.15) is 5.10 Å². The van der Waals surface area contributed by atoms with Crippen molar-refractivity contribution in [3.05, 3.63) is 38.8 Å². The summed E-state index contributed by atoms with van der Waals surface area (Å²) in [5, 5.41) is 6.57. The highest BCUT2D eigenvalue weighted by Gasteiger charge is 2.30. The average molecular weight is 317 g/mol. The van der Waals surface area contributed by atoms with Crippen LogP contribution in [0.15, 0.2) is 11.4 Å². The summed E-state index contributed by atoms with van der Waals surface area (Å²) < 4.78 is 1.86. The van der Waals surface area contributed by atoms with Crippen molar-refractivity contribution in [2.45, 2.75) is 46.1 Å². The number of amides is 1.